The highest BCUT2D eigenvalue weighted by Gasteiger charge is 2.32. The van der Waals surface area contributed by atoms with Crippen LogP contribution in [0.5, 0.6) is 0 Å². The summed E-state index contributed by atoms with van der Waals surface area (Å²) in [5.74, 6) is -2.03. The SMILES string of the molecule is O=C(Nc1cc(C(F)(F)F)c[nH]c1=O)c1ccc(C(=O)Nc2cc(C(F)(F)F)c[nH]c2=O)s1. The van der Waals surface area contributed by atoms with Gasteiger partial charge in [0, 0.05) is 12.4 Å². The number of thiophene rings is 1. The molecular formula is C18H10F6N4O4S. The van der Waals surface area contributed by atoms with Crippen molar-refractivity contribution in [2.24, 2.45) is 0 Å². The van der Waals surface area contributed by atoms with Crippen LogP contribution in [0.15, 0.2) is 46.2 Å². The minimum atomic E-state index is -4.78. The van der Waals surface area contributed by atoms with Crippen LogP contribution in [0.4, 0.5) is 37.7 Å². The highest BCUT2D eigenvalue weighted by atomic mass is 32.1. The van der Waals surface area contributed by atoms with Gasteiger partial charge < -0.3 is 20.6 Å². The Morgan fingerprint density at radius 2 is 1.09 bits per heavy atom. The van der Waals surface area contributed by atoms with Crippen molar-refractivity contribution < 1.29 is 35.9 Å². The molecule has 3 heterocycles. The van der Waals surface area contributed by atoms with Crippen LogP contribution >= 0.6 is 11.3 Å². The summed E-state index contributed by atoms with van der Waals surface area (Å²) >= 11 is 0.526. The van der Waals surface area contributed by atoms with E-state index >= 15 is 0 Å². The number of nitrogens with one attached hydrogen (secondary N) is 4. The van der Waals surface area contributed by atoms with Crippen LogP contribution in [-0.4, -0.2) is 21.8 Å². The molecule has 0 atom stereocenters. The molecule has 0 radical (unpaired) electrons. The summed E-state index contributed by atoms with van der Waals surface area (Å²) in [7, 11) is 0. The number of carbonyl (C=O) groups excluding carboxylic acids is 2. The molecule has 8 nitrogen and oxygen atoms in total. The Balaban J connectivity index is 1.78. The summed E-state index contributed by atoms with van der Waals surface area (Å²) in [5, 5.41) is 3.98. The van der Waals surface area contributed by atoms with Gasteiger partial charge in [-0.1, -0.05) is 0 Å². The number of pyridine rings is 2. The number of anilines is 2. The zero-order valence-corrected chi connectivity index (χ0v) is 16.6. The second-order valence-electron chi connectivity index (χ2n) is 6.33. The lowest BCUT2D eigenvalue weighted by Gasteiger charge is -2.09. The van der Waals surface area contributed by atoms with E-state index in [1.165, 1.54) is 0 Å². The fourth-order valence-electron chi connectivity index (χ4n) is 2.43. The van der Waals surface area contributed by atoms with Gasteiger partial charge in [0.15, 0.2) is 0 Å². The Morgan fingerprint density at radius 1 is 0.727 bits per heavy atom. The molecule has 0 unspecified atom stereocenters. The van der Waals surface area contributed by atoms with E-state index in [-0.39, 0.29) is 9.75 Å². The van der Waals surface area contributed by atoms with E-state index in [4.69, 9.17) is 0 Å². The average molecular weight is 492 g/mol. The van der Waals surface area contributed by atoms with E-state index < -0.39 is 57.8 Å². The van der Waals surface area contributed by atoms with Crippen molar-refractivity contribution in [2.75, 3.05) is 10.6 Å². The fourth-order valence-corrected chi connectivity index (χ4v) is 3.23. The molecule has 2 amide bonds. The maximum atomic E-state index is 12.8. The molecule has 0 spiro atoms. The monoisotopic (exact) mass is 492 g/mol. The Bertz CT molecular complexity index is 1240. The lowest BCUT2D eigenvalue weighted by molar-refractivity contribution is -0.138. The number of H-pyrrole nitrogens is 2. The maximum Gasteiger partial charge on any atom is 0.417 e. The van der Waals surface area contributed by atoms with E-state index in [9.17, 15) is 45.5 Å². The summed E-state index contributed by atoms with van der Waals surface area (Å²) in [6, 6.07) is 3.07. The van der Waals surface area contributed by atoms with Crippen LogP contribution in [0.25, 0.3) is 0 Å². The van der Waals surface area contributed by atoms with Crippen LogP contribution in [0.2, 0.25) is 0 Å². The molecule has 0 aliphatic heterocycles. The molecule has 0 aromatic carbocycles. The van der Waals surface area contributed by atoms with E-state index in [0.29, 0.717) is 35.9 Å². The first-order chi connectivity index (χ1) is 15.3. The summed E-state index contributed by atoms with van der Waals surface area (Å²) in [6.07, 6.45) is -8.69. The summed E-state index contributed by atoms with van der Waals surface area (Å²) < 4.78 is 76.7. The van der Waals surface area contributed by atoms with Crippen LogP contribution < -0.4 is 21.8 Å². The molecule has 0 saturated heterocycles. The largest absolute Gasteiger partial charge is 0.417 e. The van der Waals surface area contributed by atoms with Gasteiger partial charge in [0.2, 0.25) is 0 Å². The van der Waals surface area contributed by atoms with Crippen molar-refractivity contribution in [1.29, 1.82) is 0 Å². The third-order valence-corrected chi connectivity index (χ3v) is 5.09. The lowest BCUT2D eigenvalue weighted by atomic mass is 10.2. The number of carbonyl (C=O) groups is 2. The molecule has 15 heteroatoms. The van der Waals surface area contributed by atoms with Crippen molar-refractivity contribution in [3.63, 3.8) is 0 Å². The summed E-state index contributed by atoms with van der Waals surface area (Å²) in [4.78, 5) is 51.3. The van der Waals surface area contributed by atoms with Crippen molar-refractivity contribution in [3.8, 4) is 0 Å². The average Bonchev–Trinajstić information content (AvgIpc) is 3.20. The molecule has 174 valence electrons. The summed E-state index contributed by atoms with van der Waals surface area (Å²) in [5.41, 5.74) is -5.82. The van der Waals surface area contributed by atoms with E-state index in [2.05, 4.69) is 0 Å². The van der Waals surface area contributed by atoms with Gasteiger partial charge in [-0.2, -0.15) is 26.3 Å². The van der Waals surface area contributed by atoms with Crippen molar-refractivity contribution in [2.45, 2.75) is 12.4 Å². The standard InChI is InChI=1S/C18H10F6N4O4S/c19-17(20,21)7-3-9(13(29)25-5-7)27-15(31)11-1-2-12(33-11)16(32)28-10-4-8(18(22,23)24)6-26-14(10)30/h1-6H,(H,25,29)(H,26,30)(H,27,31)(H,28,32). The van der Waals surface area contributed by atoms with E-state index in [0.717, 1.165) is 12.1 Å². The zero-order chi connectivity index (χ0) is 24.6. The van der Waals surface area contributed by atoms with Gasteiger partial charge in [0.05, 0.1) is 20.9 Å². The molecular weight excluding hydrogens is 482 g/mol. The number of halogens is 6. The fraction of sp³-hybridized carbons (Fsp3) is 0.111. The molecule has 0 bridgehead atoms. The Labute approximate surface area is 182 Å². The van der Waals surface area contributed by atoms with Crippen LogP contribution in [0, 0.1) is 0 Å². The highest BCUT2D eigenvalue weighted by Crippen LogP contribution is 2.30. The van der Waals surface area contributed by atoms with Gasteiger partial charge in [-0.05, 0) is 24.3 Å². The number of aromatic amines is 2. The maximum absolute atomic E-state index is 12.8. The van der Waals surface area contributed by atoms with Crippen LogP contribution in [-0.2, 0) is 12.4 Å². The topological polar surface area (TPSA) is 124 Å². The van der Waals surface area contributed by atoms with Crippen molar-refractivity contribution >= 4 is 34.5 Å². The quantitative estimate of drug-likeness (QED) is 0.415. The number of amides is 2. The normalized spacial score (nSPS) is 11.8. The highest BCUT2D eigenvalue weighted by molar-refractivity contribution is 7.16. The molecule has 0 aliphatic rings. The first-order valence-corrected chi connectivity index (χ1v) is 9.40. The van der Waals surface area contributed by atoms with Gasteiger partial charge in [-0.3, -0.25) is 19.2 Å². The molecule has 0 fully saturated rings. The Kier molecular flexibility index (Phi) is 6.18. The lowest BCUT2D eigenvalue weighted by Crippen LogP contribution is -2.21. The molecule has 3 aromatic rings. The minimum Gasteiger partial charge on any atom is -0.327 e. The molecule has 3 rings (SSSR count). The predicted molar refractivity (Wildman–Crippen MR) is 104 cm³/mol. The van der Waals surface area contributed by atoms with Crippen LogP contribution in [0.1, 0.15) is 30.5 Å². The molecule has 4 N–H and O–H groups in total. The Hall–Kier alpha value is -3.88. The summed E-state index contributed by atoms with van der Waals surface area (Å²) in [6.45, 7) is 0. The number of rotatable bonds is 4. The molecule has 0 aliphatic carbocycles. The first-order valence-electron chi connectivity index (χ1n) is 8.58. The second kappa shape index (κ2) is 8.57. The van der Waals surface area contributed by atoms with Gasteiger partial charge in [0.25, 0.3) is 22.9 Å². The van der Waals surface area contributed by atoms with Gasteiger partial charge in [-0.15, -0.1) is 11.3 Å². The smallest absolute Gasteiger partial charge is 0.327 e. The zero-order valence-electron chi connectivity index (χ0n) is 15.8. The first kappa shape index (κ1) is 23.8. The van der Waals surface area contributed by atoms with E-state index in [1.807, 2.05) is 20.6 Å². The molecule has 33 heavy (non-hydrogen) atoms. The third kappa shape index (κ3) is 5.49. The predicted octanol–water partition coefficient (Wildman–Crippen LogP) is 3.67. The number of alkyl halides is 6. The number of aromatic nitrogens is 2. The molecule has 3 aromatic heterocycles. The van der Waals surface area contributed by atoms with Gasteiger partial charge >= 0.3 is 12.4 Å². The van der Waals surface area contributed by atoms with Gasteiger partial charge in [0.1, 0.15) is 11.4 Å². The van der Waals surface area contributed by atoms with Gasteiger partial charge in [-0.25, -0.2) is 0 Å². The minimum absolute atomic E-state index is 0.199. The third-order valence-electron chi connectivity index (χ3n) is 4.01. The van der Waals surface area contributed by atoms with E-state index in [1.54, 1.807) is 0 Å². The second-order valence-corrected chi connectivity index (χ2v) is 7.41. The molecule has 0 saturated carbocycles. The van der Waals surface area contributed by atoms with Crippen molar-refractivity contribution in [3.05, 3.63) is 78.2 Å². The Morgan fingerprint density at radius 3 is 1.42 bits per heavy atom. The van der Waals surface area contributed by atoms with Crippen LogP contribution in [0.3, 0.4) is 0 Å². The number of hydrogen-bond donors (Lipinski definition) is 4. The van der Waals surface area contributed by atoms with Crippen molar-refractivity contribution in [1.82, 2.24) is 9.97 Å². The number of hydrogen-bond acceptors (Lipinski definition) is 5.